The van der Waals surface area contributed by atoms with Crippen LogP contribution >= 0.6 is 0 Å². The van der Waals surface area contributed by atoms with Gasteiger partial charge < -0.3 is 5.32 Å². The highest BCUT2D eigenvalue weighted by molar-refractivity contribution is 5.88. The first kappa shape index (κ1) is 8.78. The van der Waals surface area contributed by atoms with Crippen LogP contribution < -0.4 is 5.32 Å². The van der Waals surface area contributed by atoms with E-state index >= 15 is 0 Å². The Balaban J connectivity index is 2.50. The third-order valence-corrected chi connectivity index (χ3v) is 1.77. The Morgan fingerprint density at radius 1 is 1.83 bits per heavy atom. The van der Waals surface area contributed by atoms with Gasteiger partial charge in [0.2, 0.25) is 5.91 Å². The second-order valence-corrected chi connectivity index (χ2v) is 2.92. The summed E-state index contributed by atoms with van der Waals surface area (Å²) in [4.78, 5) is 10.9. The summed E-state index contributed by atoms with van der Waals surface area (Å²) in [6, 6.07) is 0. The van der Waals surface area contributed by atoms with Gasteiger partial charge in [-0.3, -0.25) is 4.79 Å². The summed E-state index contributed by atoms with van der Waals surface area (Å²) in [6.07, 6.45) is 8.29. The minimum absolute atomic E-state index is 0.152. The van der Waals surface area contributed by atoms with Gasteiger partial charge in [-0.05, 0) is 24.5 Å². The van der Waals surface area contributed by atoms with Crippen molar-refractivity contribution in [3.8, 4) is 0 Å². The predicted octanol–water partition coefficient (Wildman–Crippen LogP) is 1.77. The zero-order valence-electron chi connectivity index (χ0n) is 7.21. The number of allylic oxidation sites excluding steroid dienone is 3. The molecule has 0 saturated heterocycles. The molecular weight excluding hydrogens is 150 g/mol. The second kappa shape index (κ2) is 3.90. The van der Waals surface area contributed by atoms with E-state index in [4.69, 9.17) is 0 Å². The number of hydrogen-bond donors (Lipinski definition) is 1. The van der Waals surface area contributed by atoms with Crippen LogP contribution in [0.25, 0.3) is 0 Å². The van der Waals surface area contributed by atoms with E-state index in [0.29, 0.717) is 5.92 Å². The third kappa shape index (κ3) is 2.38. The molecule has 0 aromatic heterocycles. The van der Waals surface area contributed by atoms with E-state index in [1.165, 1.54) is 6.08 Å². The van der Waals surface area contributed by atoms with Crippen LogP contribution in [-0.4, -0.2) is 5.91 Å². The van der Waals surface area contributed by atoms with Crippen LogP contribution in [0.15, 0.2) is 36.6 Å². The maximum Gasteiger partial charge on any atom is 0.247 e. The lowest BCUT2D eigenvalue weighted by molar-refractivity contribution is -0.115. The molecule has 2 heteroatoms. The molecule has 1 amide bonds. The van der Waals surface area contributed by atoms with E-state index in [1.807, 2.05) is 12.2 Å². The fourth-order valence-electron chi connectivity index (χ4n) is 1.01. The Morgan fingerprint density at radius 3 is 3.08 bits per heavy atom. The summed E-state index contributed by atoms with van der Waals surface area (Å²) < 4.78 is 0. The lowest BCUT2D eigenvalue weighted by Crippen LogP contribution is -2.20. The van der Waals surface area contributed by atoms with Crippen molar-refractivity contribution in [1.29, 1.82) is 0 Å². The van der Waals surface area contributed by atoms with Crippen LogP contribution in [-0.2, 0) is 4.79 Å². The van der Waals surface area contributed by atoms with Crippen LogP contribution in [0.1, 0.15) is 13.3 Å². The number of nitrogens with one attached hydrogen (secondary N) is 1. The molecule has 0 aromatic rings. The van der Waals surface area contributed by atoms with Crippen molar-refractivity contribution < 1.29 is 4.79 Å². The molecular formula is C10H13NO. The standard InChI is InChI=1S/C10H13NO/c1-3-10(12)11-9-6-4-8(2)5-7-9/h3-4,6-8H,1,5H2,2H3,(H,11,12). The first-order chi connectivity index (χ1) is 5.72. The SMILES string of the molecule is C=CC(=O)NC1=CCC(C)C=C1. The normalized spacial score (nSPS) is 21.4. The lowest BCUT2D eigenvalue weighted by atomic mass is 10.0. The van der Waals surface area contributed by atoms with Crippen molar-refractivity contribution in [2.75, 3.05) is 0 Å². The van der Waals surface area contributed by atoms with Gasteiger partial charge in [0.05, 0.1) is 0 Å². The largest absolute Gasteiger partial charge is 0.323 e. The highest BCUT2D eigenvalue weighted by Gasteiger charge is 2.03. The molecule has 12 heavy (non-hydrogen) atoms. The van der Waals surface area contributed by atoms with Gasteiger partial charge in [0.25, 0.3) is 0 Å². The molecule has 1 aliphatic carbocycles. The Hall–Kier alpha value is -1.31. The molecule has 0 aliphatic heterocycles. The van der Waals surface area contributed by atoms with Crippen LogP contribution in [0.4, 0.5) is 0 Å². The number of rotatable bonds is 2. The summed E-state index contributed by atoms with van der Waals surface area (Å²) in [5, 5.41) is 2.71. The zero-order chi connectivity index (χ0) is 8.97. The molecule has 1 rings (SSSR count). The van der Waals surface area contributed by atoms with Crippen LogP contribution in [0, 0.1) is 5.92 Å². The monoisotopic (exact) mass is 163 g/mol. The fourth-order valence-corrected chi connectivity index (χ4v) is 1.01. The molecule has 64 valence electrons. The average Bonchev–Trinajstić information content (AvgIpc) is 2.09. The molecule has 0 bridgehead atoms. The third-order valence-electron chi connectivity index (χ3n) is 1.77. The highest BCUT2D eigenvalue weighted by atomic mass is 16.1. The molecule has 1 atom stereocenters. The van der Waals surface area contributed by atoms with Gasteiger partial charge >= 0.3 is 0 Å². The minimum atomic E-state index is -0.152. The topological polar surface area (TPSA) is 29.1 Å². The van der Waals surface area contributed by atoms with E-state index in [-0.39, 0.29) is 5.91 Å². The van der Waals surface area contributed by atoms with Crippen LogP contribution in [0.2, 0.25) is 0 Å². The molecule has 0 radical (unpaired) electrons. The average molecular weight is 163 g/mol. The molecule has 0 aromatic carbocycles. The summed E-state index contributed by atoms with van der Waals surface area (Å²) in [5.41, 5.74) is 0.873. The van der Waals surface area contributed by atoms with Gasteiger partial charge in [-0.2, -0.15) is 0 Å². The van der Waals surface area contributed by atoms with E-state index in [0.717, 1.165) is 12.1 Å². The van der Waals surface area contributed by atoms with Gasteiger partial charge in [-0.25, -0.2) is 0 Å². The maximum absolute atomic E-state index is 10.9. The number of amides is 1. The van der Waals surface area contributed by atoms with Crippen molar-refractivity contribution in [2.24, 2.45) is 5.92 Å². The number of carbonyl (C=O) groups is 1. The summed E-state index contributed by atoms with van der Waals surface area (Å²) in [5.74, 6) is 0.426. The molecule has 1 aliphatic rings. The molecule has 0 saturated carbocycles. The molecule has 0 fully saturated rings. The van der Waals surface area contributed by atoms with Gasteiger partial charge in [-0.1, -0.05) is 25.7 Å². The Kier molecular flexibility index (Phi) is 2.86. The summed E-state index contributed by atoms with van der Waals surface area (Å²) >= 11 is 0. The van der Waals surface area contributed by atoms with Crippen molar-refractivity contribution >= 4 is 5.91 Å². The van der Waals surface area contributed by atoms with Crippen molar-refractivity contribution in [3.05, 3.63) is 36.6 Å². The first-order valence-corrected chi connectivity index (χ1v) is 4.04. The van der Waals surface area contributed by atoms with E-state index < -0.39 is 0 Å². The highest BCUT2D eigenvalue weighted by Crippen LogP contribution is 2.13. The Morgan fingerprint density at radius 2 is 2.58 bits per heavy atom. The van der Waals surface area contributed by atoms with Crippen molar-refractivity contribution in [3.63, 3.8) is 0 Å². The molecule has 1 N–H and O–H groups in total. The number of carbonyl (C=O) groups excluding carboxylic acids is 1. The predicted molar refractivity (Wildman–Crippen MR) is 49.3 cm³/mol. The molecule has 2 nitrogen and oxygen atoms in total. The quantitative estimate of drug-likeness (QED) is 0.617. The lowest BCUT2D eigenvalue weighted by Gasteiger charge is -2.11. The maximum atomic E-state index is 10.9. The zero-order valence-corrected chi connectivity index (χ0v) is 7.21. The van der Waals surface area contributed by atoms with Gasteiger partial charge in [0.15, 0.2) is 0 Å². The first-order valence-electron chi connectivity index (χ1n) is 4.04. The van der Waals surface area contributed by atoms with Crippen molar-refractivity contribution in [2.45, 2.75) is 13.3 Å². The summed E-state index contributed by atoms with van der Waals surface area (Å²) in [7, 11) is 0. The molecule has 0 spiro atoms. The van der Waals surface area contributed by atoms with Crippen molar-refractivity contribution in [1.82, 2.24) is 5.32 Å². The smallest absolute Gasteiger partial charge is 0.247 e. The van der Waals surface area contributed by atoms with Gasteiger partial charge in [-0.15, -0.1) is 0 Å². The van der Waals surface area contributed by atoms with Crippen LogP contribution in [0.3, 0.4) is 0 Å². The van der Waals surface area contributed by atoms with Gasteiger partial charge in [0, 0.05) is 5.70 Å². The van der Waals surface area contributed by atoms with Crippen LogP contribution in [0.5, 0.6) is 0 Å². The van der Waals surface area contributed by atoms with E-state index in [1.54, 1.807) is 0 Å². The Bertz CT molecular complexity index is 251. The second-order valence-electron chi connectivity index (χ2n) is 2.92. The minimum Gasteiger partial charge on any atom is -0.323 e. The number of hydrogen-bond acceptors (Lipinski definition) is 1. The van der Waals surface area contributed by atoms with Gasteiger partial charge in [0.1, 0.15) is 0 Å². The van der Waals surface area contributed by atoms with E-state index in [2.05, 4.69) is 24.9 Å². The fraction of sp³-hybridized carbons (Fsp3) is 0.300. The molecule has 1 unspecified atom stereocenters. The van der Waals surface area contributed by atoms with E-state index in [9.17, 15) is 4.79 Å². The molecule has 0 heterocycles. The summed E-state index contributed by atoms with van der Waals surface area (Å²) in [6.45, 7) is 5.52. The Labute approximate surface area is 72.7 Å².